The lowest BCUT2D eigenvalue weighted by molar-refractivity contribution is 0.610. The molecule has 1 aromatic heterocycles. The zero-order chi connectivity index (χ0) is 12.3. The second kappa shape index (κ2) is 5.09. The summed E-state index contributed by atoms with van der Waals surface area (Å²) in [5, 5.41) is 0. The zero-order valence-electron chi connectivity index (χ0n) is 10.0. The molecule has 1 nitrogen and oxygen atoms in total. The highest BCUT2D eigenvalue weighted by molar-refractivity contribution is 5.72. The smallest absolute Gasteiger partial charge is 0.130 e. The topological polar surface area (TPSA) is 12.9 Å². The Hall–Kier alpha value is -1.70. The fraction of sp³-hybridized carbons (Fsp3) is 0.267. The van der Waals surface area contributed by atoms with E-state index in [2.05, 4.69) is 23.7 Å². The normalized spacial score (nSPS) is 14.6. The fourth-order valence-corrected chi connectivity index (χ4v) is 1.88. The molecule has 2 rings (SSSR count). The van der Waals surface area contributed by atoms with E-state index in [0.29, 0.717) is 17.7 Å². The molecule has 1 aromatic rings. The maximum Gasteiger partial charge on any atom is 0.130 e. The number of pyridine rings is 1. The number of hydrogen-bond acceptors (Lipinski definition) is 1. The van der Waals surface area contributed by atoms with Crippen LogP contribution in [0.2, 0.25) is 0 Å². The van der Waals surface area contributed by atoms with E-state index >= 15 is 0 Å². The Balaban J connectivity index is 2.27. The predicted molar refractivity (Wildman–Crippen MR) is 69.1 cm³/mol. The lowest BCUT2D eigenvalue weighted by atomic mass is 10.0. The summed E-state index contributed by atoms with van der Waals surface area (Å²) in [5.41, 5.74) is 3.28. The van der Waals surface area contributed by atoms with Gasteiger partial charge >= 0.3 is 0 Å². The third-order valence-corrected chi connectivity index (χ3v) is 2.71. The molecule has 0 amide bonds. The first-order chi connectivity index (χ1) is 8.16. The third-order valence-electron chi connectivity index (χ3n) is 2.71. The third kappa shape index (κ3) is 2.90. The number of aromatic nitrogens is 1. The Bertz CT molecular complexity index is 498. The van der Waals surface area contributed by atoms with Gasteiger partial charge in [-0.15, -0.1) is 0 Å². The molecule has 0 unspecified atom stereocenters. The van der Waals surface area contributed by atoms with E-state index < -0.39 is 0 Å². The molecule has 0 N–H and O–H groups in total. The van der Waals surface area contributed by atoms with Crippen LogP contribution in [0, 0.1) is 5.82 Å². The van der Waals surface area contributed by atoms with Crippen molar-refractivity contribution in [2.75, 3.05) is 0 Å². The first-order valence-electron chi connectivity index (χ1n) is 5.82. The standard InChI is InChI=1S/C15H16FN/c1-11(2)8-13-10-17-15(9-14(13)16)12-6-4-3-5-7-12/h4,6-7,9-10H,1,3,5,8H2,2H3. The second-order valence-electron chi connectivity index (χ2n) is 4.43. The number of allylic oxidation sites excluding steroid dienone is 5. The van der Waals surface area contributed by atoms with Gasteiger partial charge in [-0.25, -0.2) is 4.39 Å². The van der Waals surface area contributed by atoms with Crippen LogP contribution in [0.5, 0.6) is 0 Å². The molecule has 2 heteroatoms. The Morgan fingerprint density at radius 3 is 2.88 bits per heavy atom. The van der Waals surface area contributed by atoms with Gasteiger partial charge in [0.05, 0.1) is 5.69 Å². The van der Waals surface area contributed by atoms with Gasteiger partial charge in [-0.1, -0.05) is 30.4 Å². The van der Waals surface area contributed by atoms with Crippen molar-refractivity contribution in [3.63, 3.8) is 0 Å². The minimum absolute atomic E-state index is 0.196. The molecular weight excluding hydrogens is 213 g/mol. The van der Waals surface area contributed by atoms with Gasteiger partial charge in [0.15, 0.2) is 0 Å². The molecule has 1 heterocycles. The molecular formula is C15H16FN. The van der Waals surface area contributed by atoms with Crippen molar-refractivity contribution in [1.82, 2.24) is 4.98 Å². The van der Waals surface area contributed by atoms with Gasteiger partial charge in [0.25, 0.3) is 0 Å². The minimum Gasteiger partial charge on any atom is -0.256 e. The van der Waals surface area contributed by atoms with Crippen LogP contribution in [0.1, 0.15) is 31.0 Å². The summed E-state index contributed by atoms with van der Waals surface area (Å²) < 4.78 is 13.8. The summed E-state index contributed by atoms with van der Waals surface area (Å²) in [5.74, 6) is -0.196. The van der Waals surface area contributed by atoms with E-state index in [1.165, 1.54) is 6.07 Å². The number of rotatable bonds is 3. The van der Waals surface area contributed by atoms with Gasteiger partial charge in [0, 0.05) is 17.8 Å². The molecule has 0 aliphatic heterocycles. The van der Waals surface area contributed by atoms with Crippen LogP contribution in [-0.4, -0.2) is 4.98 Å². The fourth-order valence-electron chi connectivity index (χ4n) is 1.88. The molecule has 0 spiro atoms. The molecule has 0 saturated heterocycles. The molecule has 0 radical (unpaired) electrons. The van der Waals surface area contributed by atoms with Crippen molar-refractivity contribution < 1.29 is 4.39 Å². The van der Waals surface area contributed by atoms with Crippen molar-refractivity contribution in [3.05, 3.63) is 59.7 Å². The van der Waals surface area contributed by atoms with Gasteiger partial charge in [-0.3, -0.25) is 4.98 Å². The highest BCUT2D eigenvalue weighted by Gasteiger charge is 2.08. The Labute approximate surface area is 101 Å². The number of nitrogens with zero attached hydrogens (tertiary/aromatic N) is 1. The quantitative estimate of drug-likeness (QED) is 0.712. The number of halogens is 1. The molecule has 0 aromatic carbocycles. The van der Waals surface area contributed by atoms with Crippen molar-refractivity contribution in [2.24, 2.45) is 0 Å². The lowest BCUT2D eigenvalue weighted by Gasteiger charge is -2.08. The van der Waals surface area contributed by atoms with Gasteiger partial charge < -0.3 is 0 Å². The summed E-state index contributed by atoms with van der Waals surface area (Å²) in [6.45, 7) is 5.68. The Morgan fingerprint density at radius 2 is 2.29 bits per heavy atom. The molecule has 1 aliphatic rings. The van der Waals surface area contributed by atoms with Gasteiger partial charge in [-0.05, 0) is 31.8 Å². The van der Waals surface area contributed by atoms with Crippen molar-refractivity contribution in [1.29, 1.82) is 0 Å². The molecule has 88 valence electrons. The van der Waals surface area contributed by atoms with Gasteiger partial charge in [0.1, 0.15) is 5.82 Å². The Morgan fingerprint density at radius 1 is 1.47 bits per heavy atom. The van der Waals surface area contributed by atoms with E-state index in [4.69, 9.17) is 0 Å². The maximum atomic E-state index is 13.8. The van der Waals surface area contributed by atoms with E-state index in [9.17, 15) is 4.39 Å². The average Bonchev–Trinajstić information content (AvgIpc) is 2.32. The van der Waals surface area contributed by atoms with Crippen LogP contribution >= 0.6 is 0 Å². The van der Waals surface area contributed by atoms with Crippen LogP contribution in [0.4, 0.5) is 4.39 Å². The van der Waals surface area contributed by atoms with Crippen LogP contribution < -0.4 is 0 Å². The van der Waals surface area contributed by atoms with Crippen LogP contribution in [0.15, 0.2) is 42.6 Å². The van der Waals surface area contributed by atoms with E-state index in [0.717, 1.165) is 24.0 Å². The summed E-state index contributed by atoms with van der Waals surface area (Å²) in [6.07, 6.45) is 10.4. The van der Waals surface area contributed by atoms with Crippen LogP contribution in [0.3, 0.4) is 0 Å². The first kappa shape index (κ1) is 11.8. The lowest BCUT2D eigenvalue weighted by Crippen LogP contribution is -1.97. The molecule has 0 bridgehead atoms. The van der Waals surface area contributed by atoms with Crippen molar-refractivity contribution >= 4 is 5.57 Å². The largest absolute Gasteiger partial charge is 0.256 e. The first-order valence-corrected chi connectivity index (χ1v) is 5.82. The molecule has 0 atom stereocenters. The van der Waals surface area contributed by atoms with Crippen molar-refractivity contribution in [2.45, 2.75) is 26.2 Å². The molecule has 0 fully saturated rings. The average molecular weight is 229 g/mol. The van der Waals surface area contributed by atoms with Gasteiger partial charge in [0.2, 0.25) is 0 Å². The summed E-state index contributed by atoms with van der Waals surface area (Å²) in [4.78, 5) is 4.32. The van der Waals surface area contributed by atoms with E-state index in [1.807, 2.05) is 13.0 Å². The Kier molecular flexibility index (Phi) is 3.52. The second-order valence-corrected chi connectivity index (χ2v) is 4.43. The maximum absolute atomic E-state index is 13.8. The summed E-state index contributed by atoms with van der Waals surface area (Å²) in [7, 11) is 0. The summed E-state index contributed by atoms with van der Waals surface area (Å²) in [6, 6.07) is 1.51. The SMILES string of the molecule is C=C(C)Cc1cnc(C2=CCCC=C2)cc1F. The highest BCUT2D eigenvalue weighted by Crippen LogP contribution is 2.21. The predicted octanol–water partition coefficient (Wildman–Crippen LogP) is 4.07. The molecule has 1 aliphatic carbocycles. The van der Waals surface area contributed by atoms with E-state index in [1.54, 1.807) is 6.20 Å². The zero-order valence-corrected chi connectivity index (χ0v) is 10.0. The molecule has 17 heavy (non-hydrogen) atoms. The van der Waals surface area contributed by atoms with Gasteiger partial charge in [-0.2, -0.15) is 0 Å². The van der Waals surface area contributed by atoms with Crippen LogP contribution in [-0.2, 0) is 6.42 Å². The molecule has 0 saturated carbocycles. The van der Waals surface area contributed by atoms with Crippen LogP contribution in [0.25, 0.3) is 5.57 Å². The van der Waals surface area contributed by atoms with Crippen molar-refractivity contribution in [3.8, 4) is 0 Å². The monoisotopic (exact) mass is 229 g/mol. The summed E-state index contributed by atoms with van der Waals surface area (Å²) >= 11 is 0. The highest BCUT2D eigenvalue weighted by atomic mass is 19.1. The minimum atomic E-state index is -0.196. The number of hydrogen-bond donors (Lipinski definition) is 0. The van der Waals surface area contributed by atoms with E-state index in [-0.39, 0.29) is 5.82 Å².